The van der Waals surface area contributed by atoms with Crippen LogP contribution in [0.5, 0.6) is 0 Å². The largest absolute Gasteiger partial charge is 0.466 e. The van der Waals surface area contributed by atoms with Gasteiger partial charge >= 0.3 is 5.97 Å². The summed E-state index contributed by atoms with van der Waals surface area (Å²) in [5.74, 6) is -0.258. The maximum Gasteiger partial charge on any atom is 0.330 e. The number of esters is 1. The fourth-order valence-electron chi connectivity index (χ4n) is 0.727. The molecule has 0 saturated carbocycles. The molecule has 0 aromatic heterocycles. The van der Waals surface area contributed by atoms with Gasteiger partial charge in [-0.2, -0.15) is 0 Å². The molecular weight excluding hydrogens is 128 g/mol. The monoisotopic (exact) mass is 142 g/mol. The van der Waals surface area contributed by atoms with Crippen molar-refractivity contribution < 1.29 is 9.53 Å². The SMILES string of the molecule is CCC/C(C)=C\C(=O)OC. The Balaban J connectivity index is 3.77. The Morgan fingerprint density at radius 2 is 2.20 bits per heavy atom. The lowest BCUT2D eigenvalue weighted by Gasteiger charge is -1.95. The number of ether oxygens (including phenoxy) is 1. The molecule has 0 rings (SSSR count). The van der Waals surface area contributed by atoms with E-state index in [4.69, 9.17) is 0 Å². The topological polar surface area (TPSA) is 26.3 Å². The fraction of sp³-hybridized carbons (Fsp3) is 0.625. The number of hydrogen-bond donors (Lipinski definition) is 0. The Morgan fingerprint density at radius 3 is 2.60 bits per heavy atom. The molecule has 10 heavy (non-hydrogen) atoms. The van der Waals surface area contributed by atoms with Gasteiger partial charge in [-0.1, -0.05) is 18.9 Å². The van der Waals surface area contributed by atoms with Crippen LogP contribution in [0.25, 0.3) is 0 Å². The Bertz CT molecular complexity index is 136. The summed E-state index contributed by atoms with van der Waals surface area (Å²) < 4.78 is 4.45. The molecule has 0 N–H and O–H groups in total. The van der Waals surface area contributed by atoms with Gasteiger partial charge in [-0.05, 0) is 13.3 Å². The summed E-state index contributed by atoms with van der Waals surface area (Å²) >= 11 is 0. The molecule has 0 fully saturated rings. The summed E-state index contributed by atoms with van der Waals surface area (Å²) in [4.78, 5) is 10.6. The molecule has 0 saturated heterocycles. The van der Waals surface area contributed by atoms with E-state index in [-0.39, 0.29) is 5.97 Å². The quantitative estimate of drug-likeness (QED) is 0.444. The van der Waals surface area contributed by atoms with Crippen LogP contribution in [0.2, 0.25) is 0 Å². The third-order valence-corrected chi connectivity index (χ3v) is 1.21. The normalized spacial score (nSPS) is 11.3. The first-order valence-corrected chi connectivity index (χ1v) is 3.45. The number of carbonyl (C=O) groups excluding carboxylic acids is 1. The molecule has 0 unspecified atom stereocenters. The van der Waals surface area contributed by atoms with Gasteiger partial charge < -0.3 is 4.74 Å². The second-order valence-electron chi connectivity index (χ2n) is 2.26. The minimum atomic E-state index is -0.258. The molecular formula is C8H14O2. The first-order valence-electron chi connectivity index (χ1n) is 3.45. The average Bonchev–Trinajstić information content (AvgIpc) is 1.88. The van der Waals surface area contributed by atoms with E-state index >= 15 is 0 Å². The second-order valence-corrected chi connectivity index (χ2v) is 2.26. The van der Waals surface area contributed by atoms with E-state index < -0.39 is 0 Å². The van der Waals surface area contributed by atoms with E-state index in [1.54, 1.807) is 0 Å². The van der Waals surface area contributed by atoms with Gasteiger partial charge in [0.1, 0.15) is 0 Å². The molecule has 0 aromatic rings. The molecule has 2 nitrogen and oxygen atoms in total. The van der Waals surface area contributed by atoms with Crippen LogP contribution in [0, 0.1) is 0 Å². The van der Waals surface area contributed by atoms with Crippen molar-refractivity contribution in [2.75, 3.05) is 7.11 Å². The van der Waals surface area contributed by atoms with Crippen LogP contribution in [0.3, 0.4) is 0 Å². The van der Waals surface area contributed by atoms with Crippen LogP contribution in [-0.4, -0.2) is 13.1 Å². The van der Waals surface area contributed by atoms with Gasteiger partial charge in [0, 0.05) is 6.08 Å². The second kappa shape index (κ2) is 5.03. The van der Waals surface area contributed by atoms with Crippen molar-refractivity contribution in [2.45, 2.75) is 26.7 Å². The standard InChI is InChI=1S/C8H14O2/c1-4-5-7(2)6-8(9)10-3/h6H,4-5H2,1-3H3/b7-6-. The lowest BCUT2D eigenvalue weighted by Crippen LogP contribution is -1.95. The Morgan fingerprint density at radius 1 is 1.60 bits per heavy atom. The average molecular weight is 142 g/mol. The zero-order chi connectivity index (χ0) is 7.98. The highest BCUT2D eigenvalue weighted by atomic mass is 16.5. The van der Waals surface area contributed by atoms with E-state index in [2.05, 4.69) is 11.7 Å². The molecule has 0 atom stereocenters. The van der Waals surface area contributed by atoms with Gasteiger partial charge in [0.15, 0.2) is 0 Å². The van der Waals surface area contributed by atoms with Crippen LogP contribution in [0.1, 0.15) is 26.7 Å². The predicted octanol–water partition coefficient (Wildman–Crippen LogP) is 1.91. The number of allylic oxidation sites excluding steroid dienone is 1. The van der Waals surface area contributed by atoms with Gasteiger partial charge in [-0.3, -0.25) is 0 Å². The number of carbonyl (C=O) groups is 1. The Hall–Kier alpha value is -0.790. The van der Waals surface area contributed by atoms with Gasteiger partial charge in [0.05, 0.1) is 7.11 Å². The lowest BCUT2D eigenvalue weighted by molar-refractivity contribution is -0.134. The molecule has 0 aliphatic carbocycles. The van der Waals surface area contributed by atoms with Crippen molar-refractivity contribution >= 4 is 5.97 Å². The number of hydrogen-bond acceptors (Lipinski definition) is 2. The summed E-state index contributed by atoms with van der Waals surface area (Å²) in [6, 6.07) is 0. The molecule has 0 aliphatic rings. The molecule has 0 aliphatic heterocycles. The van der Waals surface area contributed by atoms with Crippen molar-refractivity contribution in [1.82, 2.24) is 0 Å². The molecule has 0 radical (unpaired) electrons. The Labute approximate surface area is 61.9 Å². The van der Waals surface area contributed by atoms with E-state index in [0.717, 1.165) is 18.4 Å². The van der Waals surface area contributed by atoms with Crippen molar-refractivity contribution in [2.24, 2.45) is 0 Å². The van der Waals surface area contributed by atoms with E-state index in [0.29, 0.717) is 0 Å². The highest BCUT2D eigenvalue weighted by molar-refractivity contribution is 5.82. The van der Waals surface area contributed by atoms with Crippen LogP contribution in [0.4, 0.5) is 0 Å². The van der Waals surface area contributed by atoms with Crippen LogP contribution >= 0.6 is 0 Å². The zero-order valence-corrected chi connectivity index (χ0v) is 6.81. The minimum Gasteiger partial charge on any atom is -0.466 e. The molecule has 58 valence electrons. The lowest BCUT2D eigenvalue weighted by atomic mass is 10.2. The third kappa shape index (κ3) is 4.13. The van der Waals surface area contributed by atoms with Crippen LogP contribution < -0.4 is 0 Å². The van der Waals surface area contributed by atoms with Gasteiger partial charge in [-0.25, -0.2) is 4.79 Å². The van der Waals surface area contributed by atoms with Gasteiger partial charge in [0.25, 0.3) is 0 Å². The number of methoxy groups -OCH3 is 1. The minimum absolute atomic E-state index is 0.258. The molecule has 0 heterocycles. The Kier molecular flexibility index (Phi) is 4.63. The predicted molar refractivity (Wildman–Crippen MR) is 40.7 cm³/mol. The first-order chi connectivity index (χ1) is 4.70. The van der Waals surface area contributed by atoms with Crippen molar-refractivity contribution in [3.8, 4) is 0 Å². The zero-order valence-electron chi connectivity index (χ0n) is 6.81. The highest BCUT2D eigenvalue weighted by Crippen LogP contribution is 2.02. The van der Waals surface area contributed by atoms with Gasteiger partial charge in [0.2, 0.25) is 0 Å². The summed E-state index contributed by atoms with van der Waals surface area (Å²) in [6.45, 7) is 4.01. The maximum absolute atomic E-state index is 10.6. The highest BCUT2D eigenvalue weighted by Gasteiger charge is 1.93. The summed E-state index contributed by atoms with van der Waals surface area (Å²) in [6.07, 6.45) is 3.57. The van der Waals surface area contributed by atoms with Crippen molar-refractivity contribution in [1.29, 1.82) is 0 Å². The van der Waals surface area contributed by atoms with E-state index in [1.807, 2.05) is 6.92 Å². The molecule has 0 amide bonds. The molecule has 0 spiro atoms. The third-order valence-electron chi connectivity index (χ3n) is 1.21. The first kappa shape index (κ1) is 9.21. The molecule has 2 heteroatoms. The number of rotatable bonds is 3. The van der Waals surface area contributed by atoms with E-state index in [1.165, 1.54) is 13.2 Å². The van der Waals surface area contributed by atoms with Crippen molar-refractivity contribution in [3.63, 3.8) is 0 Å². The maximum atomic E-state index is 10.6. The van der Waals surface area contributed by atoms with Crippen molar-refractivity contribution in [3.05, 3.63) is 11.6 Å². The summed E-state index contributed by atoms with van der Waals surface area (Å²) in [5.41, 5.74) is 1.08. The van der Waals surface area contributed by atoms with Crippen LogP contribution in [-0.2, 0) is 9.53 Å². The summed E-state index contributed by atoms with van der Waals surface area (Å²) in [5, 5.41) is 0. The smallest absolute Gasteiger partial charge is 0.330 e. The fourth-order valence-corrected chi connectivity index (χ4v) is 0.727. The molecule has 0 aromatic carbocycles. The van der Waals surface area contributed by atoms with E-state index in [9.17, 15) is 4.79 Å². The molecule has 0 bridgehead atoms. The summed E-state index contributed by atoms with van der Waals surface area (Å²) in [7, 11) is 1.39. The van der Waals surface area contributed by atoms with Gasteiger partial charge in [-0.15, -0.1) is 0 Å². The van der Waals surface area contributed by atoms with Crippen LogP contribution in [0.15, 0.2) is 11.6 Å².